The third kappa shape index (κ3) is 9.13. The fourth-order valence-electron chi connectivity index (χ4n) is 0. The van der Waals surface area contributed by atoms with Crippen molar-refractivity contribution in [1.82, 2.24) is 0 Å². The summed E-state index contributed by atoms with van der Waals surface area (Å²) in [6, 6.07) is 0. The van der Waals surface area contributed by atoms with Crippen molar-refractivity contribution in [2.45, 2.75) is 13.8 Å². The number of hydrogen-bond acceptors (Lipinski definition) is 1. The van der Waals surface area contributed by atoms with Crippen LogP contribution in [-0.2, 0) is 0 Å². The van der Waals surface area contributed by atoms with Gasteiger partial charge in [0.2, 0.25) is 0 Å². The van der Waals surface area contributed by atoms with Crippen LogP contribution in [0.25, 0.3) is 0 Å². The molecule has 0 N–H and O–H groups in total. The van der Waals surface area contributed by atoms with Gasteiger partial charge in [-0.15, -0.1) is 0 Å². The minimum absolute atomic E-state index is 0. The Kier molecular flexibility index (Phi) is 11.5. The minimum atomic E-state index is 0. The van der Waals surface area contributed by atoms with Crippen LogP contribution in [0.2, 0.25) is 0 Å². The number of hydrogen-bond donors (Lipinski definition) is 0. The van der Waals surface area contributed by atoms with E-state index in [2.05, 4.69) is 17.6 Å². The molecule has 0 nitrogen and oxygen atoms in total. The van der Waals surface area contributed by atoms with E-state index in [1.807, 2.05) is 13.8 Å². The Bertz CT molecular complexity index is 38.7. The van der Waals surface area contributed by atoms with Crippen molar-refractivity contribution in [3.8, 4) is 0 Å². The molecule has 0 spiro atoms. The first-order chi connectivity index (χ1) is 2.27. The molecule has 0 aliphatic rings. The van der Waals surface area contributed by atoms with Crippen molar-refractivity contribution in [3.63, 3.8) is 0 Å². The monoisotopic (exact) mass is 176 g/mol. The fourth-order valence-corrected chi connectivity index (χ4v) is 0. The molecular weight excluding hydrogens is 168 g/mol. The van der Waals surface area contributed by atoms with E-state index in [4.69, 9.17) is 0 Å². The molecule has 0 radical (unpaired) electrons. The maximum Gasteiger partial charge on any atom is 2.00 e. The van der Waals surface area contributed by atoms with Crippen LogP contribution < -0.4 is 0 Å². The van der Waals surface area contributed by atoms with Crippen LogP contribution in [0.4, 0.5) is 0 Å². The molecule has 0 aromatic rings. The molecule has 0 bridgehead atoms. The summed E-state index contributed by atoms with van der Waals surface area (Å²) < 4.78 is 0. The van der Waals surface area contributed by atoms with E-state index in [9.17, 15) is 0 Å². The Balaban J connectivity index is -0.0000000800. The van der Waals surface area contributed by atoms with Crippen LogP contribution in [0.15, 0.2) is 0 Å². The van der Waals surface area contributed by atoms with Gasteiger partial charge < -0.3 is 19.0 Å². The molecular formula is C4H8SSr. The Labute approximate surface area is 83.1 Å². The average Bonchev–Trinajstić information content (AvgIpc) is 1.38. The Morgan fingerprint density at radius 3 is 1.83 bits per heavy atom. The van der Waals surface area contributed by atoms with Crippen molar-refractivity contribution in [3.05, 3.63) is 0 Å². The van der Waals surface area contributed by atoms with Crippen LogP contribution in [0.5, 0.6) is 0 Å². The van der Waals surface area contributed by atoms with E-state index in [-0.39, 0.29) is 46.9 Å². The fraction of sp³-hybridized carbons (Fsp3) is 0.750. The van der Waals surface area contributed by atoms with Gasteiger partial charge in [-0.05, 0) is 0 Å². The van der Waals surface area contributed by atoms with Gasteiger partial charge in [-0.2, -0.15) is 5.92 Å². The third-order valence-electron chi connectivity index (χ3n) is 0.236. The Hall–Kier alpha value is 1.57. The average molecular weight is 176 g/mol. The van der Waals surface area contributed by atoms with Gasteiger partial charge in [0.05, 0.1) is 0 Å². The Morgan fingerprint density at radius 1 is 1.67 bits per heavy atom. The summed E-state index contributed by atoms with van der Waals surface area (Å²) in [6.45, 7) is 4.01. The van der Waals surface area contributed by atoms with Crippen LogP contribution in [0.3, 0.4) is 0 Å². The molecule has 0 rings (SSSR count). The zero-order chi connectivity index (χ0) is 4.28. The van der Waals surface area contributed by atoms with Crippen molar-refractivity contribution in [2.24, 2.45) is 5.92 Å². The molecule has 32 valence electrons. The van der Waals surface area contributed by atoms with Gasteiger partial charge in [0.25, 0.3) is 0 Å². The second-order valence-corrected chi connectivity index (χ2v) is 1.51. The first-order valence-electron chi connectivity index (χ1n) is 1.65. The number of rotatable bonds is 1. The van der Waals surface area contributed by atoms with Crippen LogP contribution in [0, 0.1) is 5.92 Å². The summed E-state index contributed by atoms with van der Waals surface area (Å²) in [5, 5.41) is 2.61. The van der Waals surface area contributed by atoms with E-state index in [0.29, 0.717) is 5.92 Å². The quantitative estimate of drug-likeness (QED) is 0.329. The van der Waals surface area contributed by atoms with Crippen LogP contribution in [0.1, 0.15) is 15.3 Å². The molecule has 0 heterocycles. The van der Waals surface area contributed by atoms with E-state index in [0.717, 1.165) is 0 Å². The molecule has 0 atom stereocenters. The zero-order valence-corrected chi connectivity index (χ0v) is 8.49. The van der Waals surface area contributed by atoms with Crippen LogP contribution in [-0.4, -0.2) is 50.8 Å². The van der Waals surface area contributed by atoms with Gasteiger partial charge in [0.1, 0.15) is 0 Å². The molecule has 0 aliphatic carbocycles. The molecule has 0 unspecified atom stereocenters. The standard InChI is InChI=1S/C4H7S.Sr.H/c1-4(2)3-5;;/h4H,1-2H3;;/q-1;+2;-1. The molecule has 6 heavy (non-hydrogen) atoms. The first kappa shape index (κ1) is 10.5. The molecule has 0 aliphatic heterocycles. The zero-order valence-electron chi connectivity index (χ0n) is 5.19. The molecule has 0 amide bonds. The van der Waals surface area contributed by atoms with Gasteiger partial charge in [-0.1, -0.05) is 13.8 Å². The molecule has 0 aromatic carbocycles. The van der Waals surface area contributed by atoms with Gasteiger partial charge in [0, 0.05) is 0 Å². The van der Waals surface area contributed by atoms with Crippen molar-refractivity contribution >= 4 is 63.1 Å². The van der Waals surface area contributed by atoms with Gasteiger partial charge in [-0.25, -0.2) is 0 Å². The third-order valence-corrected chi connectivity index (χ3v) is 0.707. The Morgan fingerprint density at radius 2 is 1.83 bits per heavy atom. The van der Waals surface area contributed by atoms with E-state index in [1.165, 1.54) is 0 Å². The normalized spacial score (nSPS) is 7.17. The summed E-state index contributed by atoms with van der Waals surface area (Å²) in [7, 11) is 0. The van der Waals surface area contributed by atoms with Crippen molar-refractivity contribution in [2.75, 3.05) is 0 Å². The topological polar surface area (TPSA) is 0 Å². The maximum atomic E-state index is 4.43. The van der Waals surface area contributed by atoms with Crippen molar-refractivity contribution < 1.29 is 1.43 Å². The predicted octanol–water partition coefficient (Wildman–Crippen LogP) is 1.25. The van der Waals surface area contributed by atoms with E-state index in [1.54, 1.807) is 0 Å². The second-order valence-electron chi connectivity index (χ2n) is 1.27. The maximum absolute atomic E-state index is 4.43. The smallest absolute Gasteiger partial charge is 1.00 e. The summed E-state index contributed by atoms with van der Waals surface area (Å²) >= 11 is 4.43. The SMILES string of the molecule is CC(C)[C-]=S.[H-].[Sr+2]. The second kappa shape index (κ2) is 6.57. The summed E-state index contributed by atoms with van der Waals surface area (Å²) in [6.07, 6.45) is 0. The summed E-state index contributed by atoms with van der Waals surface area (Å²) in [5.41, 5.74) is 0. The van der Waals surface area contributed by atoms with Crippen molar-refractivity contribution in [1.29, 1.82) is 0 Å². The molecule has 0 saturated carbocycles. The van der Waals surface area contributed by atoms with Gasteiger partial charge >= 0.3 is 45.5 Å². The van der Waals surface area contributed by atoms with Gasteiger partial charge in [-0.3, -0.25) is 0 Å². The molecule has 2 heteroatoms. The largest absolute Gasteiger partial charge is 2.00 e. The summed E-state index contributed by atoms with van der Waals surface area (Å²) in [4.78, 5) is 0. The molecule has 0 aromatic heterocycles. The van der Waals surface area contributed by atoms with Gasteiger partial charge in [0.15, 0.2) is 0 Å². The molecule has 0 fully saturated rings. The van der Waals surface area contributed by atoms with E-state index < -0.39 is 0 Å². The number of thiocarbonyl (C=S) groups is 1. The first-order valence-corrected chi connectivity index (χ1v) is 2.06. The summed E-state index contributed by atoms with van der Waals surface area (Å²) in [5.74, 6) is 0.449. The minimum Gasteiger partial charge on any atom is -1.00 e. The molecule has 0 saturated heterocycles. The van der Waals surface area contributed by atoms with Crippen LogP contribution >= 0.6 is 12.2 Å². The van der Waals surface area contributed by atoms with E-state index >= 15 is 0 Å². The predicted molar refractivity (Wildman–Crippen MR) is 34.3 cm³/mol.